The van der Waals surface area contributed by atoms with Crippen LogP contribution in [0.4, 0.5) is 0 Å². The minimum Gasteiger partial charge on any atom is -0.301 e. The van der Waals surface area contributed by atoms with Gasteiger partial charge in [-0.3, -0.25) is 4.90 Å². The highest BCUT2D eigenvalue weighted by Crippen LogP contribution is 2.02. The van der Waals surface area contributed by atoms with Crippen LogP contribution in [0.2, 0.25) is 0 Å². The summed E-state index contributed by atoms with van der Waals surface area (Å²) in [6.45, 7) is 10.5. The molecule has 1 aliphatic heterocycles. The second-order valence-electron chi connectivity index (χ2n) is 3.47. The minimum atomic E-state index is 0.751. The monoisotopic (exact) mass is 202 g/mol. The molecule has 0 radical (unpaired) electrons. The summed E-state index contributed by atoms with van der Waals surface area (Å²) >= 11 is 5.71. The molecule has 0 unspecified atom stereocenters. The molecule has 0 aliphatic carbocycles. The van der Waals surface area contributed by atoms with Crippen LogP contribution in [0.1, 0.15) is 6.42 Å². The topological polar surface area (TPSA) is 6.48 Å². The SMILES string of the molecule is C=CCN1CCCN(CCCl)CC1. The molecule has 1 aliphatic rings. The van der Waals surface area contributed by atoms with E-state index in [4.69, 9.17) is 11.6 Å². The Morgan fingerprint density at radius 2 is 1.85 bits per heavy atom. The fourth-order valence-corrected chi connectivity index (χ4v) is 1.97. The summed E-state index contributed by atoms with van der Waals surface area (Å²) in [4.78, 5) is 4.89. The zero-order chi connectivity index (χ0) is 9.52. The van der Waals surface area contributed by atoms with Gasteiger partial charge in [-0.05, 0) is 19.5 Å². The highest BCUT2D eigenvalue weighted by molar-refractivity contribution is 6.18. The second-order valence-corrected chi connectivity index (χ2v) is 3.85. The van der Waals surface area contributed by atoms with Crippen LogP contribution < -0.4 is 0 Å². The summed E-state index contributed by atoms with van der Waals surface area (Å²) in [7, 11) is 0. The summed E-state index contributed by atoms with van der Waals surface area (Å²) in [6.07, 6.45) is 3.24. The van der Waals surface area contributed by atoms with E-state index in [9.17, 15) is 0 Å². The van der Waals surface area contributed by atoms with Crippen molar-refractivity contribution >= 4 is 11.6 Å². The second kappa shape index (κ2) is 6.41. The Kier molecular flexibility index (Phi) is 5.44. The number of halogens is 1. The van der Waals surface area contributed by atoms with Gasteiger partial charge in [0.2, 0.25) is 0 Å². The Bertz CT molecular complexity index is 150. The van der Waals surface area contributed by atoms with Gasteiger partial charge in [0.05, 0.1) is 0 Å². The van der Waals surface area contributed by atoms with E-state index < -0.39 is 0 Å². The molecule has 1 heterocycles. The smallest absolute Gasteiger partial charge is 0.0351 e. The Morgan fingerprint density at radius 1 is 1.15 bits per heavy atom. The van der Waals surface area contributed by atoms with Crippen molar-refractivity contribution in [1.29, 1.82) is 0 Å². The molecule has 1 rings (SSSR count). The van der Waals surface area contributed by atoms with Crippen LogP contribution in [0, 0.1) is 0 Å². The van der Waals surface area contributed by atoms with E-state index in [1.54, 1.807) is 0 Å². The van der Waals surface area contributed by atoms with Gasteiger partial charge in [0.1, 0.15) is 0 Å². The van der Waals surface area contributed by atoms with E-state index in [0.29, 0.717) is 0 Å². The third kappa shape index (κ3) is 4.12. The van der Waals surface area contributed by atoms with Crippen LogP contribution in [0.5, 0.6) is 0 Å². The Morgan fingerprint density at radius 3 is 2.54 bits per heavy atom. The molecule has 76 valence electrons. The van der Waals surface area contributed by atoms with Crippen molar-refractivity contribution in [3.05, 3.63) is 12.7 Å². The summed E-state index contributed by atoms with van der Waals surface area (Å²) in [5.74, 6) is 0.751. The molecule has 0 spiro atoms. The van der Waals surface area contributed by atoms with Crippen molar-refractivity contribution in [3.63, 3.8) is 0 Å². The molecule has 1 saturated heterocycles. The summed E-state index contributed by atoms with van der Waals surface area (Å²) in [5.41, 5.74) is 0. The van der Waals surface area contributed by atoms with Gasteiger partial charge in [0.15, 0.2) is 0 Å². The van der Waals surface area contributed by atoms with Gasteiger partial charge in [0.25, 0.3) is 0 Å². The third-order valence-corrected chi connectivity index (χ3v) is 2.64. The molecule has 0 N–H and O–H groups in total. The molecule has 0 aromatic rings. The first-order valence-corrected chi connectivity index (χ1v) is 5.52. The lowest BCUT2D eigenvalue weighted by atomic mass is 10.4. The summed E-state index contributed by atoms with van der Waals surface area (Å²) < 4.78 is 0. The molecule has 0 atom stereocenters. The lowest BCUT2D eigenvalue weighted by Crippen LogP contribution is -2.31. The van der Waals surface area contributed by atoms with Crippen LogP contribution in [-0.4, -0.2) is 54.9 Å². The normalized spacial score (nSPS) is 21.3. The maximum atomic E-state index is 5.71. The van der Waals surface area contributed by atoms with E-state index in [0.717, 1.165) is 32.1 Å². The van der Waals surface area contributed by atoms with Crippen LogP contribution in [0.15, 0.2) is 12.7 Å². The Hall–Kier alpha value is -0.0500. The standard InChI is InChI=1S/C10H19ClN2/c1-2-5-12-6-3-7-13(8-4-11)10-9-12/h2H,1,3-10H2. The first-order valence-electron chi connectivity index (χ1n) is 4.98. The molecule has 0 bridgehead atoms. The van der Waals surface area contributed by atoms with Crippen molar-refractivity contribution in [1.82, 2.24) is 9.80 Å². The number of rotatable bonds is 4. The molecule has 3 heteroatoms. The maximum absolute atomic E-state index is 5.71. The fraction of sp³-hybridized carbons (Fsp3) is 0.800. The largest absolute Gasteiger partial charge is 0.301 e. The van der Waals surface area contributed by atoms with Gasteiger partial charge in [-0.1, -0.05) is 6.08 Å². The first-order chi connectivity index (χ1) is 6.36. The van der Waals surface area contributed by atoms with Crippen LogP contribution in [0.25, 0.3) is 0 Å². The quantitative estimate of drug-likeness (QED) is 0.503. The predicted molar refractivity (Wildman–Crippen MR) is 58.4 cm³/mol. The van der Waals surface area contributed by atoms with Gasteiger partial charge in [-0.2, -0.15) is 0 Å². The molecular weight excluding hydrogens is 184 g/mol. The van der Waals surface area contributed by atoms with Crippen molar-refractivity contribution in [2.24, 2.45) is 0 Å². The number of nitrogens with zero attached hydrogens (tertiary/aromatic N) is 2. The van der Waals surface area contributed by atoms with E-state index >= 15 is 0 Å². The number of hydrogen-bond acceptors (Lipinski definition) is 2. The zero-order valence-corrected chi connectivity index (χ0v) is 8.97. The highest BCUT2D eigenvalue weighted by atomic mass is 35.5. The zero-order valence-electron chi connectivity index (χ0n) is 8.21. The Labute approximate surface area is 86.2 Å². The van der Waals surface area contributed by atoms with E-state index in [-0.39, 0.29) is 0 Å². The Balaban J connectivity index is 2.26. The molecule has 0 amide bonds. The van der Waals surface area contributed by atoms with Crippen molar-refractivity contribution in [2.45, 2.75) is 6.42 Å². The van der Waals surface area contributed by atoms with Crippen LogP contribution >= 0.6 is 11.6 Å². The van der Waals surface area contributed by atoms with Crippen molar-refractivity contribution in [3.8, 4) is 0 Å². The first kappa shape index (κ1) is 11.0. The van der Waals surface area contributed by atoms with E-state index in [1.807, 2.05) is 6.08 Å². The van der Waals surface area contributed by atoms with E-state index in [2.05, 4.69) is 16.4 Å². The summed E-state index contributed by atoms with van der Waals surface area (Å²) in [6, 6.07) is 0. The van der Waals surface area contributed by atoms with Gasteiger partial charge in [-0.25, -0.2) is 0 Å². The lowest BCUT2D eigenvalue weighted by Gasteiger charge is -2.19. The minimum absolute atomic E-state index is 0.751. The van der Waals surface area contributed by atoms with E-state index in [1.165, 1.54) is 19.5 Å². The lowest BCUT2D eigenvalue weighted by molar-refractivity contribution is 0.279. The molecule has 2 nitrogen and oxygen atoms in total. The average Bonchev–Trinajstić information content (AvgIpc) is 2.33. The summed E-state index contributed by atoms with van der Waals surface area (Å²) in [5, 5.41) is 0. The molecule has 13 heavy (non-hydrogen) atoms. The highest BCUT2D eigenvalue weighted by Gasteiger charge is 2.12. The fourth-order valence-electron chi connectivity index (χ4n) is 1.73. The van der Waals surface area contributed by atoms with Gasteiger partial charge >= 0.3 is 0 Å². The molecule has 0 aromatic heterocycles. The average molecular weight is 203 g/mol. The van der Waals surface area contributed by atoms with Gasteiger partial charge < -0.3 is 4.90 Å². The number of hydrogen-bond donors (Lipinski definition) is 0. The predicted octanol–water partition coefficient (Wildman–Crippen LogP) is 1.42. The van der Waals surface area contributed by atoms with Gasteiger partial charge in [-0.15, -0.1) is 18.2 Å². The molecular formula is C10H19ClN2. The molecule has 0 saturated carbocycles. The molecule has 1 fully saturated rings. The van der Waals surface area contributed by atoms with Crippen LogP contribution in [0.3, 0.4) is 0 Å². The number of alkyl halides is 1. The third-order valence-electron chi connectivity index (χ3n) is 2.47. The van der Waals surface area contributed by atoms with Crippen LogP contribution in [-0.2, 0) is 0 Å². The van der Waals surface area contributed by atoms with Crippen molar-refractivity contribution in [2.75, 3.05) is 45.1 Å². The maximum Gasteiger partial charge on any atom is 0.0351 e. The molecule has 0 aromatic carbocycles. The van der Waals surface area contributed by atoms with Gasteiger partial charge in [0, 0.05) is 32.1 Å². The van der Waals surface area contributed by atoms with Crippen molar-refractivity contribution < 1.29 is 0 Å².